The third-order valence-corrected chi connectivity index (χ3v) is 8.32. The molecule has 11 nitrogen and oxygen atoms in total. The van der Waals surface area contributed by atoms with E-state index in [2.05, 4.69) is 20.6 Å². The number of carbonyl (C=O) groups excluding carboxylic acids is 2. The number of carbonyl (C=O) groups is 2. The third-order valence-electron chi connectivity index (χ3n) is 7.69. The second-order valence-electron chi connectivity index (χ2n) is 10.9. The van der Waals surface area contributed by atoms with Crippen LogP contribution in [0.15, 0.2) is 30.3 Å². The average Bonchev–Trinajstić information content (AvgIpc) is 2.91. The molecule has 3 N–H and O–H groups in total. The number of piperidine rings is 1. The van der Waals surface area contributed by atoms with Crippen molar-refractivity contribution in [2.24, 2.45) is 5.92 Å². The van der Waals surface area contributed by atoms with E-state index in [1.165, 1.54) is 23.1 Å². The summed E-state index contributed by atoms with van der Waals surface area (Å²) in [4.78, 5) is 35.0. The molecule has 2 aliphatic rings. The van der Waals surface area contributed by atoms with E-state index in [-0.39, 0.29) is 43.6 Å². The van der Waals surface area contributed by atoms with Gasteiger partial charge in [-0.1, -0.05) is 12.1 Å². The Bertz CT molecular complexity index is 1460. The zero-order valence-electron chi connectivity index (χ0n) is 23.9. The minimum absolute atomic E-state index is 0.0508. The maximum atomic E-state index is 13.8. The van der Waals surface area contributed by atoms with E-state index in [4.69, 9.17) is 4.55 Å². The molecule has 2 aliphatic heterocycles. The van der Waals surface area contributed by atoms with Gasteiger partial charge < -0.3 is 20.4 Å². The lowest BCUT2D eigenvalue weighted by atomic mass is 9.93. The summed E-state index contributed by atoms with van der Waals surface area (Å²) in [5.41, 5.74) is -0.205. The Morgan fingerprint density at radius 1 is 0.889 bits per heavy atom. The van der Waals surface area contributed by atoms with Crippen molar-refractivity contribution in [2.75, 3.05) is 48.3 Å². The number of hydrogen-bond donors (Lipinski definition) is 3. The quantitative estimate of drug-likeness (QED) is 0.244. The molecule has 248 valence electrons. The smallest absolute Gasteiger partial charge is 0.356 e. The second-order valence-corrected chi connectivity index (χ2v) is 12.4. The largest absolute Gasteiger partial charge is 0.451 e. The summed E-state index contributed by atoms with van der Waals surface area (Å²) in [5, 5.41) is 5.11. The topological polar surface area (TPSA) is 145 Å². The van der Waals surface area contributed by atoms with Gasteiger partial charge in [-0.05, 0) is 55.7 Å². The van der Waals surface area contributed by atoms with Crippen LogP contribution in [0.25, 0.3) is 0 Å². The Kier molecular flexibility index (Phi) is 10.5. The van der Waals surface area contributed by atoms with E-state index >= 15 is 0 Å². The molecular weight excluding hydrogens is 634 g/mol. The van der Waals surface area contributed by atoms with Gasteiger partial charge in [0.2, 0.25) is 17.6 Å². The van der Waals surface area contributed by atoms with Crippen molar-refractivity contribution in [1.82, 2.24) is 20.6 Å². The van der Waals surface area contributed by atoms with Crippen LogP contribution in [0, 0.1) is 5.92 Å². The molecule has 1 aromatic carbocycles. The number of nitrogens with one attached hydrogen (secondary N) is 2. The fourth-order valence-corrected chi connectivity index (χ4v) is 5.62. The predicted molar refractivity (Wildman–Crippen MR) is 150 cm³/mol. The van der Waals surface area contributed by atoms with Gasteiger partial charge in [-0.15, -0.1) is 0 Å². The number of anilines is 2. The molecule has 18 heteroatoms. The van der Waals surface area contributed by atoms with Gasteiger partial charge in [0.25, 0.3) is 10.1 Å². The first-order chi connectivity index (χ1) is 21.0. The fourth-order valence-electron chi connectivity index (χ4n) is 5.18. The fraction of sp³-hybridized carbons (Fsp3) is 0.556. The molecule has 4 rings (SSSR count). The number of halogens is 6. The average molecular weight is 667 g/mol. The summed E-state index contributed by atoms with van der Waals surface area (Å²) in [6, 6.07) is 5.18. The van der Waals surface area contributed by atoms with Crippen molar-refractivity contribution in [3.8, 4) is 0 Å². The Balaban J connectivity index is 1.33. The van der Waals surface area contributed by atoms with Crippen molar-refractivity contribution in [3.63, 3.8) is 0 Å². The highest BCUT2D eigenvalue weighted by atomic mass is 32.2. The number of aromatic nitrogens is 2. The predicted octanol–water partition coefficient (Wildman–Crippen LogP) is 3.06. The maximum Gasteiger partial charge on any atom is 0.451 e. The minimum Gasteiger partial charge on any atom is -0.356 e. The monoisotopic (exact) mass is 666 g/mol. The summed E-state index contributed by atoms with van der Waals surface area (Å²) < 4.78 is 110. The Labute approximate surface area is 255 Å². The van der Waals surface area contributed by atoms with Gasteiger partial charge in [0.05, 0.1) is 5.56 Å². The summed E-state index contributed by atoms with van der Waals surface area (Å²) in [6.07, 6.45) is -7.00. The lowest BCUT2D eigenvalue weighted by molar-refractivity contribution is -0.144. The molecule has 45 heavy (non-hydrogen) atoms. The van der Waals surface area contributed by atoms with Gasteiger partial charge in [0.1, 0.15) is 17.7 Å². The lowest BCUT2D eigenvalue weighted by Crippen LogP contribution is -2.57. The van der Waals surface area contributed by atoms with Crippen LogP contribution in [0.1, 0.15) is 42.6 Å². The van der Waals surface area contributed by atoms with E-state index in [1.54, 1.807) is 4.90 Å². The summed E-state index contributed by atoms with van der Waals surface area (Å²) in [6.45, 7) is 1.32. The molecule has 0 unspecified atom stereocenters. The van der Waals surface area contributed by atoms with E-state index < -0.39 is 57.5 Å². The van der Waals surface area contributed by atoms with Crippen molar-refractivity contribution in [3.05, 3.63) is 47.3 Å². The van der Waals surface area contributed by atoms with E-state index in [9.17, 15) is 44.3 Å². The molecule has 0 radical (unpaired) electrons. The second kappa shape index (κ2) is 13.8. The number of alkyl halides is 6. The van der Waals surface area contributed by atoms with Crippen LogP contribution < -0.4 is 20.4 Å². The first kappa shape index (κ1) is 34.2. The Morgan fingerprint density at radius 3 is 2.09 bits per heavy atom. The van der Waals surface area contributed by atoms with Crippen LogP contribution in [0.2, 0.25) is 0 Å². The molecule has 2 fully saturated rings. The first-order valence-electron chi connectivity index (χ1n) is 14.1. The summed E-state index contributed by atoms with van der Waals surface area (Å²) in [5.74, 6) is -3.53. The molecule has 1 aromatic heterocycles. The standard InChI is InChI=1S/C27H32F6N6O5S/c28-26(29,30)19-3-1-17(2-4-19)6-11-35-24(41)20-9-14-39(20)22-15-21(36-25(37-22)27(31,32)33)38-12-7-18(8-13-38)5-10-34-23(40)16-45(42,43)44/h1-4,15,18,20H,5-14,16H2,(H,34,40)(H,35,41)(H,42,43,44)/t20-/m0/s1. The molecule has 0 aliphatic carbocycles. The molecular formula is C27H32F6N6O5S. The highest BCUT2D eigenvalue weighted by Gasteiger charge is 2.40. The molecule has 0 spiro atoms. The van der Waals surface area contributed by atoms with Crippen molar-refractivity contribution in [1.29, 1.82) is 0 Å². The van der Waals surface area contributed by atoms with Crippen LogP contribution in [0.4, 0.5) is 38.0 Å². The van der Waals surface area contributed by atoms with E-state index in [0.29, 0.717) is 44.3 Å². The van der Waals surface area contributed by atoms with E-state index in [0.717, 1.165) is 12.1 Å². The Morgan fingerprint density at radius 2 is 1.53 bits per heavy atom. The number of benzene rings is 1. The number of hydrogen-bond acceptors (Lipinski definition) is 8. The lowest BCUT2D eigenvalue weighted by Gasteiger charge is -2.41. The summed E-state index contributed by atoms with van der Waals surface area (Å²) >= 11 is 0. The van der Waals surface area contributed by atoms with Crippen LogP contribution >= 0.6 is 0 Å². The molecule has 0 bridgehead atoms. The minimum atomic E-state index is -4.84. The third kappa shape index (κ3) is 9.66. The van der Waals surface area contributed by atoms with Crippen molar-refractivity contribution >= 4 is 33.6 Å². The molecule has 3 heterocycles. The van der Waals surface area contributed by atoms with Crippen molar-refractivity contribution in [2.45, 2.75) is 50.5 Å². The van der Waals surface area contributed by atoms with Gasteiger partial charge >= 0.3 is 12.4 Å². The molecule has 0 saturated carbocycles. The number of rotatable bonds is 11. The summed E-state index contributed by atoms with van der Waals surface area (Å²) in [7, 11) is -4.43. The van der Waals surface area contributed by atoms with Gasteiger partial charge in [-0.25, -0.2) is 9.97 Å². The SMILES string of the molecule is O=C(CS(=O)(=O)O)NCCC1CCN(c2cc(N3CC[C@H]3C(=O)NCCc3ccc(C(F)(F)F)cc3)nc(C(F)(F)F)n2)CC1. The normalized spacial score (nSPS) is 18.0. The number of nitrogens with zero attached hydrogens (tertiary/aromatic N) is 4. The first-order valence-corrected chi connectivity index (χ1v) is 15.7. The van der Waals surface area contributed by atoms with E-state index in [1.807, 2.05) is 0 Å². The van der Waals surface area contributed by atoms with Crippen LogP contribution in [0.3, 0.4) is 0 Å². The van der Waals surface area contributed by atoms with Gasteiger partial charge in [-0.2, -0.15) is 34.8 Å². The zero-order chi connectivity index (χ0) is 33.0. The highest BCUT2D eigenvalue weighted by molar-refractivity contribution is 7.86. The van der Waals surface area contributed by atoms with Crippen LogP contribution in [-0.2, 0) is 38.5 Å². The van der Waals surface area contributed by atoms with Crippen molar-refractivity contribution < 1.29 is 48.9 Å². The van der Waals surface area contributed by atoms with Gasteiger partial charge in [0.15, 0.2) is 5.75 Å². The molecule has 2 amide bonds. The number of amides is 2. The molecule has 2 aromatic rings. The molecule has 1 atom stereocenters. The van der Waals surface area contributed by atoms with Gasteiger partial charge in [-0.3, -0.25) is 14.1 Å². The zero-order valence-corrected chi connectivity index (χ0v) is 24.7. The van der Waals surface area contributed by atoms with Crippen LogP contribution in [0.5, 0.6) is 0 Å². The maximum absolute atomic E-state index is 13.8. The van der Waals surface area contributed by atoms with Crippen LogP contribution in [-0.4, -0.2) is 79.3 Å². The highest BCUT2D eigenvalue weighted by Crippen LogP contribution is 2.34. The van der Waals surface area contributed by atoms with Gasteiger partial charge in [0, 0.05) is 38.8 Å². The Hall–Kier alpha value is -3.67. The molecule has 2 saturated heterocycles.